The van der Waals surface area contributed by atoms with Crippen LogP contribution in [0.4, 0.5) is 5.69 Å². The number of aliphatic imine (C=N–C) groups is 1. The normalized spacial score (nSPS) is 17.2. The molecule has 0 aliphatic carbocycles. The van der Waals surface area contributed by atoms with Crippen molar-refractivity contribution >= 4 is 17.4 Å². The Morgan fingerprint density at radius 2 is 2.13 bits per heavy atom. The number of H-pyrrole nitrogens is 1. The highest BCUT2D eigenvalue weighted by molar-refractivity contribution is 6.05. The van der Waals surface area contributed by atoms with E-state index in [2.05, 4.69) is 20.9 Å². The first-order chi connectivity index (χ1) is 14.4. The molecule has 1 N–H and O–H groups in total. The van der Waals surface area contributed by atoms with Gasteiger partial charge in [-0.1, -0.05) is 6.07 Å². The Morgan fingerprint density at radius 3 is 2.80 bits per heavy atom. The summed E-state index contributed by atoms with van der Waals surface area (Å²) >= 11 is 0. The van der Waals surface area contributed by atoms with Crippen molar-refractivity contribution in [2.45, 2.75) is 19.8 Å². The number of nitrogens with zero attached hydrogens (tertiary/aromatic N) is 3. The van der Waals surface area contributed by atoms with E-state index >= 15 is 0 Å². The van der Waals surface area contributed by atoms with Crippen molar-refractivity contribution in [3.63, 3.8) is 0 Å². The number of hydrogen-bond acceptors (Lipinski definition) is 6. The lowest BCUT2D eigenvalue weighted by Gasteiger charge is -2.31. The van der Waals surface area contributed by atoms with Gasteiger partial charge in [0.15, 0.2) is 6.61 Å². The molecule has 8 nitrogen and oxygen atoms in total. The molecule has 2 heterocycles. The number of esters is 1. The average molecular weight is 404 g/mol. The van der Waals surface area contributed by atoms with Crippen molar-refractivity contribution in [3.8, 4) is 11.8 Å². The molecule has 1 aliphatic rings. The molecule has 0 amide bonds. The zero-order valence-corrected chi connectivity index (χ0v) is 16.9. The van der Waals surface area contributed by atoms with Crippen molar-refractivity contribution in [1.29, 1.82) is 5.26 Å². The molecule has 3 rings (SSSR count). The SMILES string of the molecule is [C-]#[N+]CCOC(=O)C1C(C)=Nc2cc(C)[nH]c(=O)c2C1c1ccc(C#N)cc1OC. The minimum atomic E-state index is -0.867. The summed E-state index contributed by atoms with van der Waals surface area (Å²) in [6.45, 7) is 10.3. The van der Waals surface area contributed by atoms with Gasteiger partial charge in [-0.2, -0.15) is 5.26 Å². The van der Waals surface area contributed by atoms with Gasteiger partial charge in [0.2, 0.25) is 6.54 Å². The maximum atomic E-state index is 13.0. The molecule has 30 heavy (non-hydrogen) atoms. The molecule has 0 fully saturated rings. The Kier molecular flexibility index (Phi) is 5.98. The molecule has 2 aromatic rings. The Bertz CT molecular complexity index is 1170. The number of fused-ring (bicyclic) bond motifs is 1. The van der Waals surface area contributed by atoms with Crippen LogP contribution in [0.15, 0.2) is 34.1 Å². The van der Waals surface area contributed by atoms with Crippen LogP contribution in [0.5, 0.6) is 5.75 Å². The van der Waals surface area contributed by atoms with Gasteiger partial charge in [0, 0.05) is 22.9 Å². The van der Waals surface area contributed by atoms with Crippen LogP contribution in [0.2, 0.25) is 0 Å². The first-order valence-corrected chi connectivity index (χ1v) is 9.28. The first-order valence-electron chi connectivity index (χ1n) is 9.28. The molecular formula is C22H20N4O4. The molecule has 0 saturated carbocycles. The average Bonchev–Trinajstić information content (AvgIpc) is 2.72. The second-order valence-electron chi connectivity index (χ2n) is 6.91. The van der Waals surface area contributed by atoms with Crippen molar-refractivity contribution in [3.05, 3.63) is 68.4 Å². The standard InChI is InChI=1S/C22H20N4O4/c1-12-9-16-20(21(27)25-12)19(15-6-5-14(11-23)10-17(15)29-4)18(13(2)26-16)22(28)30-8-7-24-3/h5-6,9-10,18-19H,7-8H2,1-2,4H3,(H,25,27). The van der Waals surface area contributed by atoms with Crippen LogP contribution in [0, 0.1) is 30.7 Å². The Morgan fingerprint density at radius 1 is 1.37 bits per heavy atom. The fraction of sp³-hybridized carbons (Fsp3) is 0.318. The van der Waals surface area contributed by atoms with E-state index in [0.717, 1.165) is 0 Å². The number of nitrogens with one attached hydrogen (secondary N) is 1. The van der Waals surface area contributed by atoms with Crippen molar-refractivity contribution in [2.75, 3.05) is 20.3 Å². The molecule has 0 bridgehead atoms. The van der Waals surface area contributed by atoms with Crippen LogP contribution in [-0.2, 0) is 9.53 Å². The van der Waals surface area contributed by atoms with E-state index in [1.165, 1.54) is 7.11 Å². The Balaban J connectivity index is 2.23. The number of carbonyl (C=O) groups excluding carboxylic acids is 1. The highest BCUT2D eigenvalue weighted by Gasteiger charge is 2.41. The largest absolute Gasteiger partial charge is 0.496 e. The lowest BCUT2D eigenvalue weighted by molar-refractivity contribution is -0.146. The number of methoxy groups -OCH3 is 1. The van der Waals surface area contributed by atoms with Gasteiger partial charge < -0.3 is 19.3 Å². The summed E-state index contributed by atoms with van der Waals surface area (Å²) in [4.78, 5) is 36.4. The van der Waals surface area contributed by atoms with Crippen LogP contribution < -0.4 is 10.3 Å². The fourth-order valence-corrected chi connectivity index (χ4v) is 3.70. The molecule has 0 saturated heterocycles. The number of carbonyl (C=O) groups is 1. The van der Waals surface area contributed by atoms with Gasteiger partial charge in [-0.05, 0) is 32.0 Å². The summed E-state index contributed by atoms with van der Waals surface area (Å²) in [7, 11) is 1.47. The van der Waals surface area contributed by atoms with Crippen LogP contribution in [-0.4, -0.2) is 36.9 Å². The smallest absolute Gasteiger partial charge is 0.315 e. The maximum Gasteiger partial charge on any atom is 0.315 e. The minimum Gasteiger partial charge on any atom is -0.496 e. The third kappa shape index (κ3) is 3.81. The molecule has 1 aromatic heterocycles. The second kappa shape index (κ2) is 8.62. The number of hydrogen-bond donors (Lipinski definition) is 1. The third-order valence-electron chi connectivity index (χ3n) is 4.97. The number of rotatable bonds is 5. The summed E-state index contributed by atoms with van der Waals surface area (Å²) < 4.78 is 10.8. The van der Waals surface area contributed by atoms with Gasteiger partial charge in [0.05, 0.1) is 30.0 Å². The van der Waals surface area contributed by atoms with E-state index in [1.807, 2.05) is 0 Å². The molecule has 2 unspecified atom stereocenters. The zero-order chi connectivity index (χ0) is 21.8. The number of aromatic amines is 1. The Labute approximate surface area is 173 Å². The van der Waals surface area contributed by atoms with Crippen molar-refractivity contribution in [2.24, 2.45) is 10.9 Å². The van der Waals surface area contributed by atoms with Gasteiger partial charge in [-0.25, -0.2) is 6.57 Å². The monoisotopic (exact) mass is 404 g/mol. The lowest BCUT2D eigenvalue weighted by Crippen LogP contribution is -2.37. The molecule has 0 spiro atoms. The zero-order valence-electron chi connectivity index (χ0n) is 16.9. The van der Waals surface area contributed by atoms with Crippen LogP contribution in [0.1, 0.15) is 35.2 Å². The molecule has 1 aromatic carbocycles. The number of aryl methyl sites for hydroxylation is 1. The van der Waals surface area contributed by atoms with Gasteiger partial charge >= 0.3 is 5.97 Å². The predicted molar refractivity (Wildman–Crippen MR) is 110 cm³/mol. The summed E-state index contributed by atoms with van der Waals surface area (Å²) in [6.07, 6.45) is 0. The van der Waals surface area contributed by atoms with Gasteiger partial charge in [0.25, 0.3) is 5.56 Å². The summed E-state index contributed by atoms with van der Waals surface area (Å²) in [5.74, 6) is -1.76. The molecule has 0 radical (unpaired) electrons. The lowest BCUT2D eigenvalue weighted by atomic mass is 9.76. The topological polar surface area (TPSA) is 109 Å². The third-order valence-corrected chi connectivity index (χ3v) is 4.97. The number of nitriles is 1. The number of benzene rings is 1. The maximum absolute atomic E-state index is 13.0. The summed E-state index contributed by atoms with van der Waals surface area (Å²) in [5.41, 5.74) is 2.59. The molecule has 8 heteroatoms. The molecule has 152 valence electrons. The number of pyridine rings is 1. The summed E-state index contributed by atoms with van der Waals surface area (Å²) in [6, 6.07) is 8.68. The van der Waals surface area contributed by atoms with Crippen LogP contribution >= 0.6 is 0 Å². The highest BCUT2D eigenvalue weighted by atomic mass is 16.5. The quantitative estimate of drug-likeness (QED) is 0.468. The van der Waals surface area contributed by atoms with E-state index < -0.39 is 17.8 Å². The fourth-order valence-electron chi connectivity index (χ4n) is 3.70. The molecular weight excluding hydrogens is 384 g/mol. The molecule has 1 aliphatic heterocycles. The van der Waals surface area contributed by atoms with Crippen molar-refractivity contribution < 1.29 is 14.3 Å². The number of ether oxygens (including phenoxy) is 2. The van der Waals surface area contributed by atoms with Gasteiger partial charge in [0.1, 0.15) is 11.7 Å². The highest BCUT2D eigenvalue weighted by Crippen LogP contribution is 2.44. The Hall–Kier alpha value is -3.91. The van der Waals surface area contributed by atoms with Crippen LogP contribution in [0.3, 0.4) is 0 Å². The number of aromatic nitrogens is 1. The predicted octanol–water partition coefficient (Wildman–Crippen LogP) is 2.88. The van der Waals surface area contributed by atoms with E-state index in [-0.39, 0.29) is 18.7 Å². The second-order valence-corrected chi connectivity index (χ2v) is 6.91. The van der Waals surface area contributed by atoms with E-state index in [9.17, 15) is 14.9 Å². The van der Waals surface area contributed by atoms with E-state index in [4.69, 9.17) is 16.0 Å². The van der Waals surface area contributed by atoms with Gasteiger partial charge in [-0.3, -0.25) is 14.6 Å². The van der Waals surface area contributed by atoms with Crippen LogP contribution in [0.25, 0.3) is 4.85 Å². The summed E-state index contributed by atoms with van der Waals surface area (Å²) in [5, 5.41) is 9.22. The van der Waals surface area contributed by atoms with Crippen molar-refractivity contribution in [1.82, 2.24) is 4.98 Å². The van der Waals surface area contributed by atoms with E-state index in [1.54, 1.807) is 38.1 Å². The van der Waals surface area contributed by atoms with E-state index in [0.29, 0.717) is 39.5 Å². The molecule has 2 atom stereocenters. The van der Waals surface area contributed by atoms with Gasteiger partial charge in [-0.15, -0.1) is 0 Å². The minimum absolute atomic E-state index is 0.0412. The first kappa shape index (κ1) is 20.8.